The topological polar surface area (TPSA) is 34.6 Å². The minimum absolute atomic E-state index is 0.844. The maximum Gasteiger partial charge on any atom is 0.296 e. The minimum atomic E-state index is 0.844. The lowest BCUT2D eigenvalue weighted by molar-refractivity contribution is -0.724. The molecule has 4 nitrogen and oxygen atoms in total. The average Bonchev–Trinajstić information content (AvgIpc) is 3.06. The van der Waals surface area contributed by atoms with Crippen LogP contribution in [0.4, 0.5) is 0 Å². The summed E-state index contributed by atoms with van der Waals surface area (Å²) in [6.07, 6.45) is 3.79. The molecule has 1 aromatic carbocycles. The maximum absolute atomic E-state index is 4.43. The molecule has 5 heteroatoms. The van der Waals surface area contributed by atoms with Gasteiger partial charge in [-0.1, -0.05) is 42.1 Å². The van der Waals surface area contributed by atoms with Crippen molar-refractivity contribution in [1.29, 1.82) is 0 Å². The zero-order valence-electron chi connectivity index (χ0n) is 10.4. The van der Waals surface area contributed by atoms with Gasteiger partial charge >= 0.3 is 0 Å². The smallest absolute Gasteiger partial charge is 0.296 e. The van der Waals surface area contributed by atoms with E-state index in [1.54, 1.807) is 0 Å². The van der Waals surface area contributed by atoms with Crippen molar-refractivity contribution in [2.45, 2.75) is 18.1 Å². The van der Waals surface area contributed by atoms with Gasteiger partial charge in [0.25, 0.3) is 12.0 Å². The molecule has 0 saturated carbocycles. The van der Waals surface area contributed by atoms with E-state index in [-0.39, 0.29) is 0 Å². The number of benzene rings is 1. The highest BCUT2D eigenvalue weighted by atomic mass is 32.2. The molecule has 0 N–H and O–H groups in total. The third-order valence-corrected chi connectivity index (χ3v) is 4.46. The fraction of sp³-hybridized carbons (Fsp3) is 0.214. The third-order valence-electron chi connectivity index (χ3n) is 3.37. The average molecular weight is 269 g/mol. The fourth-order valence-electron chi connectivity index (χ4n) is 2.45. The molecule has 0 amide bonds. The van der Waals surface area contributed by atoms with E-state index >= 15 is 0 Å². The lowest BCUT2D eigenvalue weighted by Gasteiger charge is -2.04. The zero-order chi connectivity index (χ0) is 12.7. The molecule has 1 aliphatic rings. The highest BCUT2D eigenvalue weighted by molar-refractivity contribution is 7.99. The molecule has 94 valence electrons. The highest BCUT2D eigenvalue weighted by Crippen LogP contribution is 2.26. The Labute approximate surface area is 115 Å². The van der Waals surface area contributed by atoms with Crippen LogP contribution in [0.5, 0.6) is 0 Å². The predicted octanol–water partition coefficient (Wildman–Crippen LogP) is 1.87. The summed E-state index contributed by atoms with van der Waals surface area (Å²) >= 11 is 1.89. The quantitative estimate of drug-likeness (QED) is 0.526. The first-order valence-electron chi connectivity index (χ1n) is 6.32. The van der Waals surface area contributed by atoms with Crippen LogP contribution in [0.1, 0.15) is 5.56 Å². The van der Waals surface area contributed by atoms with Crippen LogP contribution in [0.2, 0.25) is 0 Å². The van der Waals surface area contributed by atoms with E-state index in [1.807, 2.05) is 30.5 Å². The summed E-state index contributed by atoms with van der Waals surface area (Å²) in [5.41, 5.74) is 3.29. The van der Waals surface area contributed by atoms with Crippen molar-refractivity contribution in [3.8, 4) is 0 Å². The first-order valence-corrected chi connectivity index (χ1v) is 7.30. The normalized spacial score (nSPS) is 13.9. The van der Waals surface area contributed by atoms with E-state index in [0.29, 0.717) is 0 Å². The summed E-state index contributed by atoms with van der Waals surface area (Å²) in [4.78, 5) is 8.85. The molecule has 0 saturated heterocycles. The van der Waals surface area contributed by atoms with Crippen molar-refractivity contribution >= 4 is 22.9 Å². The van der Waals surface area contributed by atoms with Crippen LogP contribution in [-0.2, 0) is 13.1 Å². The number of thioether (sulfide) groups is 1. The number of rotatable bonds is 2. The van der Waals surface area contributed by atoms with Crippen LogP contribution < -0.4 is 4.57 Å². The van der Waals surface area contributed by atoms with Gasteiger partial charge in [-0.15, -0.1) is 0 Å². The molecule has 0 fully saturated rings. The Morgan fingerprint density at radius 2 is 2.11 bits per heavy atom. The lowest BCUT2D eigenvalue weighted by Crippen LogP contribution is -2.33. The summed E-state index contributed by atoms with van der Waals surface area (Å²) in [7, 11) is 0. The molecule has 0 atom stereocenters. The van der Waals surface area contributed by atoms with Gasteiger partial charge < -0.3 is 4.57 Å². The highest BCUT2D eigenvalue weighted by Gasteiger charge is 2.24. The van der Waals surface area contributed by atoms with Gasteiger partial charge in [0.2, 0.25) is 0 Å². The monoisotopic (exact) mass is 269 g/mol. The van der Waals surface area contributed by atoms with Crippen molar-refractivity contribution in [2.75, 3.05) is 5.75 Å². The van der Waals surface area contributed by atoms with Gasteiger partial charge in [-0.05, 0) is 10.5 Å². The van der Waals surface area contributed by atoms with Gasteiger partial charge in [-0.3, -0.25) is 0 Å². The molecule has 3 heterocycles. The van der Waals surface area contributed by atoms with Gasteiger partial charge in [0.15, 0.2) is 10.5 Å². The molecule has 0 aliphatic carbocycles. The molecule has 0 radical (unpaired) electrons. The zero-order valence-corrected chi connectivity index (χ0v) is 11.2. The Kier molecular flexibility index (Phi) is 2.51. The Morgan fingerprint density at radius 1 is 1.21 bits per heavy atom. The molecule has 19 heavy (non-hydrogen) atoms. The Hall–Kier alpha value is -1.88. The van der Waals surface area contributed by atoms with Crippen LogP contribution in [0.3, 0.4) is 0 Å². The standard InChI is InChI=1S/C14H13N4S/c1-2-4-11(5-3-1)8-18-10-16-13-12(18)14-17(9-15-13)6-7-19-14/h1-5,9-10H,6-8H2/q+1. The fourth-order valence-corrected chi connectivity index (χ4v) is 3.58. The number of imidazole rings is 1. The summed E-state index contributed by atoms with van der Waals surface area (Å²) in [5, 5.41) is 1.29. The van der Waals surface area contributed by atoms with E-state index in [4.69, 9.17) is 0 Å². The van der Waals surface area contributed by atoms with E-state index < -0.39 is 0 Å². The Balaban J connectivity index is 1.85. The first-order chi connectivity index (χ1) is 9.42. The van der Waals surface area contributed by atoms with Crippen molar-refractivity contribution < 1.29 is 4.57 Å². The number of nitrogens with zero attached hydrogens (tertiary/aromatic N) is 4. The number of aryl methyl sites for hydroxylation is 1. The van der Waals surface area contributed by atoms with Crippen LogP contribution in [-0.4, -0.2) is 20.3 Å². The van der Waals surface area contributed by atoms with Gasteiger partial charge in [0.1, 0.15) is 12.9 Å². The van der Waals surface area contributed by atoms with Crippen LogP contribution in [0.25, 0.3) is 11.2 Å². The lowest BCUT2D eigenvalue weighted by atomic mass is 10.2. The number of hydrogen-bond acceptors (Lipinski definition) is 3. The number of fused-ring (bicyclic) bond motifs is 3. The van der Waals surface area contributed by atoms with Crippen molar-refractivity contribution in [3.63, 3.8) is 0 Å². The Bertz CT molecular complexity index is 736. The predicted molar refractivity (Wildman–Crippen MR) is 74.0 cm³/mol. The van der Waals surface area contributed by atoms with Gasteiger partial charge in [0.05, 0.1) is 0 Å². The molecule has 2 aromatic heterocycles. The second kappa shape index (κ2) is 4.35. The molecule has 3 aromatic rings. The van der Waals surface area contributed by atoms with Gasteiger partial charge in [0, 0.05) is 12.3 Å². The van der Waals surface area contributed by atoms with Crippen LogP contribution >= 0.6 is 11.8 Å². The summed E-state index contributed by atoms with van der Waals surface area (Å²) in [5.74, 6) is 1.12. The van der Waals surface area contributed by atoms with Crippen molar-refractivity contribution in [3.05, 3.63) is 48.5 Å². The number of hydrogen-bond donors (Lipinski definition) is 0. The van der Waals surface area contributed by atoms with E-state index in [0.717, 1.165) is 30.0 Å². The molecule has 0 unspecified atom stereocenters. The maximum atomic E-state index is 4.43. The SMILES string of the molecule is c1ccc(Cn2cnc3nc[n+]4c(c32)SCC4)cc1. The molecular formula is C14H13N4S+. The molecule has 0 bridgehead atoms. The van der Waals surface area contributed by atoms with Crippen LogP contribution in [0.15, 0.2) is 48.0 Å². The van der Waals surface area contributed by atoms with Gasteiger partial charge in [-0.25, -0.2) is 4.57 Å². The molecule has 0 spiro atoms. The molecule has 4 rings (SSSR count). The van der Waals surface area contributed by atoms with E-state index in [2.05, 4.69) is 43.4 Å². The van der Waals surface area contributed by atoms with E-state index in [1.165, 1.54) is 10.6 Å². The van der Waals surface area contributed by atoms with Crippen molar-refractivity contribution in [2.24, 2.45) is 0 Å². The Morgan fingerprint density at radius 3 is 3.00 bits per heavy atom. The molecular weight excluding hydrogens is 256 g/mol. The minimum Gasteiger partial charge on any atom is -0.319 e. The summed E-state index contributed by atoms with van der Waals surface area (Å²) < 4.78 is 4.41. The molecule has 1 aliphatic heterocycles. The second-order valence-corrected chi connectivity index (χ2v) is 5.71. The van der Waals surface area contributed by atoms with E-state index in [9.17, 15) is 0 Å². The first kappa shape index (κ1) is 11.0. The number of aromatic nitrogens is 4. The summed E-state index contributed by atoms with van der Waals surface area (Å²) in [6, 6.07) is 10.5. The van der Waals surface area contributed by atoms with Gasteiger partial charge in [-0.2, -0.15) is 4.98 Å². The largest absolute Gasteiger partial charge is 0.319 e. The second-order valence-electron chi connectivity index (χ2n) is 4.62. The van der Waals surface area contributed by atoms with Crippen LogP contribution in [0, 0.1) is 0 Å². The summed E-state index contributed by atoms with van der Waals surface area (Å²) in [6.45, 7) is 1.88. The third kappa shape index (κ3) is 1.81. The van der Waals surface area contributed by atoms with Crippen molar-refractivity contribution in [1.82, 2.24) is 14.5 Å².